The molecule has 1 saturated heterocycles. The molecule has 2 rings (SSSR count). The topological polar surface area (TPSA) is 58.1 Å². The van der Waals surface area contributed by atoms with Crippen LogP contribution in [-0.4, -0.2) is 35.0 Å². The van der Waals surface area contributed by atoms with Crippen LogP contribution in [0.15, 0.2) is 6.07 Å². The molecule has 0 bridgehead atoms. The van der Waals surface area contributed by atoms with Crippen LogP contribution in [0.2, 0.25) is 5.15 Å². The Morgan fingerprint density at radius 2 is 2.26 bits per heavy atom. The van der Waals surface area contributed by atoms with Gasteiger partial charge >= 0.3 is 0 Å². The van der Waals surface area contributed by atoms with E-state index < -0.39 is 0 Å². The summed E-state index contributed by atoms with van der Waals surface area (Å²) in [5, 5.41) is 3.30. The van der Waals surface area contributed by atoms with Crippen LogP contribution in [0.4, 0.5) is 5.82 Å². The molecule has 1 amide bonds. The van der Waals surface area contributed by atoms with Gasteiger partial charge in [0.25, 0.3) is 0 Å². The second-order valence-electron chi connectivity index (χ2n) is 4.97. The molecular weight excluding hydrogens is 264 g/mol. The molecule has 1 unspecified atom stereocenters. The van der Waals surface area contributed by atoms with Crippen LogP contribution in [0, 0.1) is 0 Å². The number of halogens is 1. The van der Waals surface area contributed by atoms with Gasteiger partial charge in [-0.15, -0.1) is 0 Å². The monoisotopic (exact) mass is 282 g/mol. The van der Waals surface area contributed by atoms with Gasteiger partial charge in [0.2, 0.25) is 5.91 Å². The van der Waals surface area contributed by atoms with E-state index in [1.165, 1.54) is 0 Å². The molecule has 6 heteroatoms. The molecule has 1 atom stereocenters. The van der Waals surface area contributed by atoms with E-state index in [-0.39, 0.29) is 17.9 Å². The molecule has 1 aromatic rings. The lowest BCUT2D eigenvalue weighted by Gasteiger charge is -2.35. The van der Waals surface area contributed by atoms with Crippen LogP contribution >= 0.6 is 11.6 Å². The summed E-state index contributed by atoms with van der Waals surface area (Å²) in [7, 11) is 0. The van der Waals surface area contributed by atoms with E-state index in [2.05, 4.69) is 15.3 Å². The van der Waals surface area contributed by atoms with Crippen LogP contribution in [-0.2, 0) is 4.79 Å². The number of carbonyl (C=O) groups is 1. The molecule has 104 valence electrons. The van der Waals surface area contributed by atoms with Gasteiger partial charge in [0.05, 0.1) is 0 Å². The molecule has 1 aromatic heterocycles. The minimum absolute atomic E-state index is 0.0505. The fourth-order valence-corrected chi connectivity index (χ4v) is 2.41. The molecule has 0 saturated carbocycles. The Bertz CT molecular complexity index is 478. The number of amides is 1. The number of nitrogens with zero attached hydrogens (tertiary/aromatic N) is 3. The van der Waals surface area contributed by atoms with Crippen molar-refractivity contribution in [3.63, 3.8) is 0 Å². The minimum Gasteiger partial charge on any atom is -0.353 e. The second kappa shape index (κ2) is 5.74. The molecule has 1 aliphatic rings. The number of hydrogen-bond donors (Lipinski definition) is 1. The first kappa shape index (κ1) is 14.1. The predicted octanol–water partition coefficient (Wildman–Crippen LogP) is 1.97. The zero-order chi connectivity index (χ0) is 14.0. The molecule has 0 aromatic carbocycles. The van der Waals surface area contributed by atoms with Gasteiger partial charge in [0, 0.05) is 25.1 Å². The summed E-state index contributed by atoms with van der Waals surface area (Å²) in [6.07, 6.45) is 0.741. The highest BCUT2D eigenvalue weighted by Crippen LogP contribution is 2.23. The van der Waals surface area contributed by atoms with Crippen LogP contribution in [0.3, 0.4) is 0 Å². The highest BCUT2D eigenvalue weighted by Gasteiger charge is 2.29. The van der Waals surface area contributed by atoms with Gasteiger partial charge in [-0.2, -0.15) is 0 Å². The summed E-state index contributed by atoms with van der Waals surface area (Å²) in [6.45, 7) is 7.42. The molecule has 5 nitrogen and oxygen atoms in total. The van der Waals surface area contributed by atoms with Crippen molar-refractivity contribution in [2.75, 3.05) is 18.0 Å². The zero-order valence-corrected chi connectivity index (χ0v) is 12.2. The molecule has 0 radical (unpaired) electrons. The lowest BCUT2D eigenvalue weighted by Crippen LogP contribution is -2.55. The van der Waals surface area contributed by atoms with Gasteiger partial charge in [-0.25, -0.2) is 9.97 Å². The Morgan fingerprint density at radius 1 is 1.53 bits per heavy atom. The smallest absolute Gasteiger partial charge is 0.242 e. The summed E-state index contributed by atoms with van der Waals surface area (Å²) in [6, 6.07) is 1.55. The largest absolute Gasteiger partial charge is 0.353 e. The second-order valence-corrected chi connectivity index (χ2v) is 5.36. The van der Waals surface area contributed by atoms with Gasteiger partial charge in [-0.05, 0) is 6.42 Å². The van der Waals surface area contributed by atoms with E-state index in [4.69, 9.17) is 11.6 Å². The quantitative estimate of drug-likeness (QED) is 0.861. The Labute approximate surface area is 118 Å². The summed E-state index contributed by atoms with van der Waals surface area (Å²) in [5.41, 5.74) is 0. The predicted molar refractivity (Wildman–Crippen MR) is 75.6 cm³/mol. The average molecular weight is 283 g/mol. The first-order chi connectivity index (χ1) is 9.02. The summed E-state index contributed by atoms with van der Waals surface area (Å²) >= 11 is 6.06. The maximum Gasteiger partial charge on any atom is 0.242 e. The molecule has 0 aliphatic carbocycles. The van der Waals surface area contributed by atoms with E-state index >= 15 is 0 Å². The number of hydrogen-bond acceptors (Lipinski definition) is 4. The van der Waals surface area contributed by atoms with E-state index in [0.717, 1.165) is 18.8 Å². The van der Waals surface area contributed by atoms with Crippen LogP contribution in [0.1, 0.15) is 38.9 Å². The van der Waals surface area contributed by atoms with Crippen molar-refractivity contribution in [1.82, 2.24) is 15.3 Å². The fourth-order valence-electron chi connectivity index (χ4n) is 2.22. The zero-order valence-electron chi connectivity index (χ0n) is 11.5. The third kappa shape index (κ3) is 2.97. The van der Waals surface area contributed by atoms with Crippen LogP contribution in [0.25, 0.3) is 0 Å². The standard InChI is InChI=1S/C13H19ClN4O/c1-4-9-13(19)15-5-6-18(9)11-7-10(14)16-12(17-11)8(2)3/h7-9H,4-6H2,1-3H3,(H,15,19). The van der Waals surface area contributed by atoms with Crippen LogP contribution < -0.4 is 10.2 Å². The Kier molecular flexibility index (Phi) is 4.24. The molecule has 1 fully saturated rings. The number of nitrogens with one attached hydrogen (secondary N) is 1. The Balaban J connectivity index is 2.36. The Hall–Kier alpha value is -1.36. The normalized spacial score (nSPS) is 19.7. The van der Waals surface area contributed by atoms with Crippen LogP contribution in [0.5, 0.6) is 0 Å². The molecule has 1 N–H and O–H groups in total. The third-order valence-electron chi connectivity index (χ3n) is 3.23. The molecule has 2 heterocycles. The highest BCUT2D eigenvalue weighted by molar-refractivity contribution is 6.29. The molecule has 0 spiro atoms. The summed E-state index contributed by atoms with van der Waals surface area (Å²) < 4.78 is 0. The van der Waals surface area contributed by atoms with Crippen molar-refractivity contribution in [2.45, 2.75) is 39.2 Å². The number of rotatable bonds is 3. The third-order valence-corrected chi connectivity index (χ3v) is 3.42. The lowest BCUT2D eigenvalue weighted by atomic mass is 10.1. The van der Waals surface area contributed by atoms with E-state index in [1.807, 2.05) is 25.7 Å². The van der Waals surface area contributed by atoms with Crippen molar-refractivity contribution in [1.29, 1.82) is 0 Å². The minimum atomic E-state index is -0.181. The lowest BCUT2D eigenvalue weighted by molar-refractivity contribution is -0.123. The maximum atomic E-state index is 11.9. The first-order valence-corrected chi connectivity index (χ1v) is 6.99. The summed E-state index contributed by atoms with van der Waals surface area (Å²) in [5.74, 6) is 1.71. The van der Waals surface area contributed by atoms with Gasteiger partial charge in [-0.3, -0.25) is 4.79 Å². The maximum absolute atomic E-state index is 11.9. The van der Waals surface area contributed by atoms with Crippen molar-refractivity contribution in [3.05, 3.63) is 17.0 Å². The first-order valence-electron chi connectivity index (χ1n) is 6.61. The van der Waals surface area contributed by atoms with E-state index in [0.29, 0.717) is 17.5 Å². The van der Waals surface area contributed by atoms with E-state index in [1.54, 1.807) is 6.07 Å². The number of aromatic nitrogens is 2. The van der Waals surface area contributed by atoms with Crippen molar-refractivity contribution in [2.24, 2.45) is 0 Å². The van der Waals surface area contributed by atoms with E-state index in [9.17, 15) is 4.79 Å². The number of piperazine rings is 1. The number of anilines is 1. The number of carbonyl (C=O) groups excluding carboxylic acids is 1. The van der Waals surface area contributed by atoms with Crippen molar-refractivity contribution >= 4 is 23.3 Å². The van der Waals surface area contributed by atoms with Gasteiger partial charge < -0.3 is 10.2 Å². The summed E-state index contributed by atoms with van der Waals surface area (Å²) in [4.78, 5) is 22.7. The van der Waals surface area contributed by atoms with Gasteiger partial charge in [0.1, 0.15) is 22.8 Å². The molecule has 19 heavy (non-hydrogen) atoms. The SMILES string of the molecule is CCC1C(=O)NCCN1c1cc(Cl)nc(C(C)C)n1. The molecular formula is C13H19ClN4O. The Morgan fingerprint density at radius 3 is 2.89 bits per heavy atom. The van der Waals surface area contributed by atoms with Gasteiger partial charge in [-0.1, -0.05) is 32.4 Å². The average Bonchev–Trinajstić information content (AvgIpc) is 2.37. The van der Waals surface area contributed by atoms with Crippen molar-refractivity contribution in [3.8, 4) is 0 Å². The van der Waals surface area contributed by atoms with Crippen molar-refractivity contribution < 1.29 is 4.79 Å². The van der Waals surface area contributed by atoms with Gasteiger partial charge in [0.15, 0.2) is 0 Å². The fraction of sp³-hybridized carbons (Fsp3) is 0.615. The molecule has 1 aliphatic heterocycles. The highest BCUT2D eigenvalue weighted by atomic mass is 35.5.